The highest BCUT2D eigenvalue weighted by Crippen LogP contribution is 2.68. The summed E-state index contributed by atoms with van der Waals surface area (Å²) in [7, 11) is 0. The predicted octanol–water partition coefficient (Wildman–Crippen LogP) is 5.51. The number of hydrogen-bond donors (Lipinski definition) is 2. The Labute approximate surface area is 165 Å². The zero-order valence-corrected chi connectivity index (χ0v) is 17.6. The summed E-state index contributed by atoms with van der Waals surface area (Å²) in [5, 5.41) is 19.3. The summed E-state index contributed by atoms with van der Waals surface area (Å²) < 4.78 is 0. The van der Waals surface area contributed by atoms with E-state index in [9.17, 15) is 9.90 Å². The van der Waals surface area contributed by atoms with Crippen LogP contribution < -0.4 is 0 Å². The van der Waals surface area contributed by atoms with E-state index in [1.807, 2.05) is 0 Å². The first-order valence-electron chi connectivity index (χ1n) is 11.7. The topological polar surface area (TPSA) is 57.5 Å². The van der Waals surface area contributed by atoms with Crippen LogP contribution >= 0.6 is 0 Å². The lowest BCUT2D eigenvalue weighted by Gasteiger charge is -2.61. The summed E-state index contributed by atoms with van der Waals surface area (Å²) in [5.41, 5.74) is 0.882. The molecule has 0 saturated heterocycles. The molecule has 4 rings (SSSR count). The van der Waals surface area contributed by atoms with Gasteiger partial charge in [0.2, 0.25) is 0 Å². The van der Waals surface area contributed by atoms with Crippen LogP contribution in [0.5, 0.6) is 0 Å². The molecule has 4 fully saturated rings. The van der Waals surface area contributed by atoms with Crippen LogP contribution in [0.1, 0.15) is 91.4 Å². The number of carbonyl (C=O) groups is 1. The maximum atomic E-state index is 11.0. The van der Waals surface area contributed by atoms with Gasteiger partial charge in [-0.25, -0.2) is 0 Å². The summed E-state index contributed by atoms with van der Waals surface area (Å²) in [4.78, 5) is 11.0. The van der Waals surface area contributed by atoms with Crippen molar-refractivity contribution < 1.29 is 15.0 Å². The fourth-order valence-corrected chi connectivity index (χ4v) is 8.76. The van der Waals surface area contributed by atoms with Gasteiger partial charge < -0.3 is 10.2 Å². The summed E-state index contributed by atoms with van der Waals surface area (Å²) in [6.07, 6.45) is 12.4. The van der Waals surface area contributed by atoms with Gasteiger partial charge in [-0.1, -0.05) is 20.8 Å². The Balaban J connectivity index is 1.51. The van der Waals surface area contributed by atoms with Crippen molar-refractivity contribution in [2.24, 2.45) is 46.3 Å². The van der Waals surface area contributed by atoms with Crippen LogP contribution in [-0.2, 0) is 4.79 Å². The zero-order valence-electron chi connectivity index (χ0n) is 17.6. The molecule has 4 saturated carbocycles. The Bertz CT molecular complexity index is 574. The van der Waals surface area contributed by atoms with E-state index < -0.39 is 5.97 Å². The van der Waals surface area contributed by atoms with Crippen LogP contribution in [0.15, 0.2) is 0 Å². The van der Waals surface area contributed by atoms with Gasteiger partial charge in [0.05, 0.1) is 6.10 Å². The Morgan fingerprint density at radius 3 is 2.44 bits per heavy atom. The molecule has 154 valence electrons. The Morgan fingerprint density at radius 1 is 1.00 bits per heavy atom. The number of carboxylic acid groups (broad SMARTS) is 1. The average molecular weight is 377 g/mol. The first-order valence-corrected chi connectivity index (χ1v) is 11.7. The molecule has 2 unspecified atom stereocenters. The second kappa shape index (κ2) is 7.04. The van der Waals surface area contributed by atoms with Gasteiger partial charge in [-0.15, -0.1) is 0 Å². The van der Waals surface area contributed by atoms with Crippen LogP contribution in [0.2, 0.25) is 0 Å². The second-order valence-corrected chi connectivity index (χ2v) is 11.2. The number of hydrogen-bond acceptors (Lipinski definition) is 2. The highest BCUT2D eigenvalue weighted by molar-refractivity contribution is 5.66. The minimum atomic E-state index is -0.643. The molecule has 9 atom stereocenters. The molecule has 4 aliphatic rings. The zero-order chi connectivity index (χ0) is 19.4. The van der Waals surface area contributed by atoms with Crippen LogP contribution in [0.25, 0.3) is 0 Å². The molecule has 4 aliphatic carbocycles. The van der Waals surface area contributed by atoms with Gasteiger partial charge in [-0.2, -0.15) is 0 Å². The summed E-state index contributed by atoms with van der Waals surface area (Å²) in [6.45, 7) is 7.43. The van der Waals surface area contributed by atoms with Crippen LogP contribution in [0.3, 0.4) is 0 Å². The van der Waals surface area contributed by atoms with Gasteiger partial charge in [-0.3, -0.25) is 4.79 Å². The van der Waals surface area contributed by atoms with Crippen molar-refractivity contribution in [3.8, 4) is 0 Å². The second-order valence-electron chi connectivity index (χ2n) is 11.2. The minimum Gasteiger partial charge on any atom is -0.481 e. The predicted molar refractivity (Wildman–Crippen MR) is 107 cm³/mol. The highest BCUT2D eigenvalue weighted by atomic mass is 16.4. The highest BCUT2D eigenvalue weighted by Gasteiger charge is 2.60. The largest absolute Gasteiger partial charge is 0.481 e. The SMILES string of the molecule is C[C@H](CCC(=O)O)C1CCC2[C@@H]3CC[C@@H]4C[C@H](O)CC[C@]4(C)[C@H]3CC[C@]12C. The normalized spacial score (nSPS) is 50.4. The molecule has 2 N–H and O–H groups in total. The first kappa shape index (κ1) is 19.7. The fraction of sp³-hybridized carbons (Fsp3) is 0.958. The van der Waals surface area contributed by atoms with Crippen molar-refractivity contribution in [3.63, 3.8) is 0 Å². The first-order chi connectivity index (χ1) is 12.8. The summed E-state index contributed by atoms with van der Waals surface area (Å²) in [6, 6.07) is 0. The molecule has 3 nitrogen and oxygen atoms in total. The van der Waals surface area contributed by atoms with Gasteiger partial charge in [-0.05, 0) is 111 Å². The molecule has 0 aromatic heterocycles. The molecule has 0 heterocycles. The number of rotatable bonds is 4. The molecule has 0 aromatic carbocycles. The summed E-state index contributed by atoms with van der Waals surface area (Å²) >= 11 is 0. The number of carboxylic acids is 1. The van der Waals surface area contributed by atoms with Crippen molar-refractivity contribution in [1.29, 1.82) is 0 Å². The minimum absolute atomic E-state index is 0.0561. The van der Waals surface area contributed by atoms with Gasteiger partial charge in [0.15, 0.2) is 0 Å². The third-order valence-corrected chi connectivity index (χ3v) is 10.2. The molecule has 0 radical (unpaired) electrons. The maximum Gasteiger partial charge on any atom is 0.303 e. The molecule has 0 aromatic rings. The Morgan fingerprint density at radius 2 is 1.70 bits per heavy atom. The maximum absolute atomic E-state index is 11.0. The van der Waals surface area contributed by atoms with Gasteiger partial charge in [0.25, 0.3) is 0 Å². The van der Waals surface area contributed by atoms with E-state index in [4.69, 9.17) is 5.11 Å². The monoisotopic (exact) mass is 376 g/mol. The van der Waals surface area contributed by atoms with E-state index in [2.05, 4.69) is 20.8 Å². The lowest BCUT2D eigenvalue weighted by atomic mass is 9.44. The van der Waals surface area contributed by atoms with Crippen molar-refractivity contribution in [2.75, 3.05) is 0 Å². The van der Waals surface area contributed by atoms with Gasteiger partial charge in [0.1, 0.15) is 0 Å². The Kier molecular flexibility index (Phi) is 5.15. The van der Waals surface area contributed by atoms with Gasteiger partial charge in [0, 0.05) is 6.42 Å². The van der Waals surface area contributed by atoms with Crippen molar-refractivity contribution in [3.05, 3.63) is 0 Å². The molecule has 27 heavy (non-hydrogen) atoms. The van der Waals surface area contributed by atoms with E-state index in [1.54, 1.807) is 0 Å². The van der Waals surface area contributed by atoms with Crippen LogP contribution in [-0.4, -0.2) is 22.3 Å². The quantitative estimate of drug-likeness (QED) is 0.680. The van der Waals surface area contributed by atoms with Crippen molar-refractivity contribution in [1.82, 2.24) is 0 Å². The molecule has 0 bridgehead atoms. The van der Waals surface area contributed by atoms with Crippen molar-refractivity contribution >= 4 is 5.97 Å². The molecule has 0 amide bonds. The molecular weight excluding hydrogens is 336 g/mol. The lowest BCUT2D eigenvalue weighted by Crippen LogP contribution is -2.54. The van der Waals surface area contributed by atoms with E-state index in [0.29, 0.717) is 29.1 Å². The molecule has 3 heteroatoms. The third kappa shape index (κ3) is 3.16. The number of aliphatic hydroxyl groups excluding tert-OH is 1. The van der Waals surface area contributed by atoms with Crippen LogP contribution in [0, 0.1) is 46.3 Å². The molecule has 0 spiro atoms. The average Bonchev–Trinajstić information content (AvgIpc) is 2.97. The Hall–Kier alpha value is -0.570. The smallest absolute Gasteiger partial charge is 0.303 e. The van der Waals surface area contributed by atoms with E-state index in [-0.39, 0.29) is 6.10 Å². The van der Waals surface area contributed by atoms with Crippen LogP contribution in [0.4, 0.5) is 0 Å². The fourth-order valence-electron chi connectivity index (χ4n) is 8.76. The van der Waals surface area contributed by atoms with E-state index in [0.717, 1.165) is 42.9 Å². The third-order valence-electron chi connectivity index (χ3n) is 10.2. The standard InChI is InChI=1S/C24H40O3/c1-15(4-9-22(26)27)19-7-8-20-18-6-5-16-14-17(25)10-12-23(16,2)21(18)11-13-24(19,20)3/h15-21,25H,4-14H2,1-3H3,(H,26,27)/t15-,16-,17-,18+,19?,20?,21+,23+,24-/m1/s1. The van der Waals surface area contributed by atoms with E-state index in [1.165, 1.54) is 44.9 Å². The molecular formula is C24H40O3. The number of aliphatic carboxylic acids is 1. The van der Waals surface area contributed by atoms with Crippen molar-refractivity contribution in [2.45, 2.75) is 97.5 Å². The number of fused-ring (bicyclic) bond motifs is 5. The van der Waals surface area contributed by atoms with Gasteiger partial charge >= 0.3 is 5.97 Å². The summed E-state index contributed by atoms with van der Waals surface area (Å²) in [5.74, 6) is 3.91. The number of aliphatic hydroxyl groups is 1. The molecule has 0 aliphatic heterocycles. The lowest BCUT2D eigenvalue weighted by molar-refractivity contribution is -0.138. The van der Waals surface area contributed by atoms with E-state index >= 15 is 0 Å².